The summed E-state index contributed by atoms with van der Waals surface area (Å²) in [6.07, 6.45) is 2.25. The summed E-state index contributed by atoms with van der Waals surface area (Å²) in [5, 5.41) is 3.68. The molecule has 1 aliphatic heterocycles. The second-order valence-electron chi connectivity index (χ2n) is 5.38. The van der Waals surface area contributed by atoms with E-state index in [0.29, 0.717) is 6.04 Å². The van der Waals surface area contributed by atoms with Crippen molar-refractivity contribution in [2.75, 3.05) is 6.54 Å². The quantitative estimate of drug-likeness (QED) is 0.856. The molecule has 98 valence electrons. The minimum absolute atomic E-state index is 0.358. The first-order valence-electron chi connectivity index (χ1n) is 7.20. The van der Waals surface area contributed by atoms with Crippen molar-refractivity contribution in [1.82, 2.24) is 5.32 Å². The third-order valence-electron chi connectivity index (χ3n) is 4.17. The van der Waals surface area contributed by atoms with Crippen molar-refractivity contribution in [2.45, 2.75) is 32.7 Å². The van der Waals surface area contributed by atoms with Gasteiger partial charge < -0.3 is 5.32 Å². The molecule has 1 aliphatic rings. The van der Waals surface area contributed by atoms with E-state index in [2.05, 4.69) is 61.6 Å². The van der Waals surface area contributed by atoms with Gasteiger partial charge in [-0.05, 0) is 47.6 Å². The average Bonchev–Trinajstić information content (AvgIpc) is 2.47. The van der Waals surface area contributed by atoms with E-state index in [1.54, 1.807) is 0 Å². The maximum Gasteiger partial charge on any atom is 0.0582 e. The molecule has 0 amide bonds. The van der Waals surface area contributed by atoms with E-state index < -0.39 is 0 Å². The van der Waals surface area contributed by atoms with Gasteiger partial charge in [0.05, 0.1) is 6.04 Å². The lowest BCUT2D eigenvalue weighted by Gasteiger charge is -2.29. The van der Waals surface area contributed by atoms with Crippen LogP contribution in [0.25, 0.3) is 0 Å². The molecule has 1 nitrogen and oxygen atoms in total. The van der Waals surface area contributed by atoms with Crippen LogP contribution in [-0.4, -0.2) is 6.54 Å². The predicted molar refractivity (Wildman–Crippen MR) is 80.5 cm³/mol. The number of hydrogen-bond donors (Lipinski definition) is 1. The molecule has 1 atom stereocenters. The van der Waals surface area contributed by atoms with Gasteiger partial charge in [0.15, 0.2) is 0 Å². The summed E-state index contributed by atoms with van der Waals surface area (Å²) in [5.74, 6) is 0. The molecule has 0 radical (unpaired) electrons. The van der Waals surface area contributed by atoms with E-state index in [-0.39, 0.29) is 0 Å². The van der Waals surface area contributed by atoms with E-state index in [0.717, 1.165) is 19.4 Å². The van der Waals surface area contributed by atoms with Gasteiger partial charge in [0.2, 0.25) is 0 Å². The first-order valence-corrected chi connectivity index (χ1v) is 7.20. The van der Waals surface area contributed by atoms with Crippen LogP contribution >= 0.6 is 0 Å². The number of benzene rings is 2. The molecule has 1 unspecified atom stereocenters. The van der Waals surface area contributed by atoms with Gasteiger partial charge in [-0.1, -0.05) is 49.4 Å². The molecule has 0 aromatic heterocycles. The summed E-state index contributed by atoms with van der Waals surface area (Å²) in [6.45, 7) is 5.49. The van der Waals surface area contributed by atoms with Crippen LogP contribution in [-0.2, 0) is 12.8 Å². The summed E-state index contributed by atoms with van der Waals surface area (Å²) in [5.41, 5.74) is 7.19. The van der Waals surface area contributed by atoms with Gasteiger partial charge in [0.25, 0.3) is 0 Å². The van der Waals surface area contributed by atoms with E-state index >= 15 is 0 Å². The van der Waals surface area contributed by atoms with Crippen LogP contribution in [0.5, 0.6) is 0 Å². The Bertz CT molecular complexity index is 586. The predicted octanol–water partition coefficient (Wildman–Crippen LogP) is 3.79. The number of aryl methyl sites for hydroxylation is 2. The van der Waals surface area contributed by atoms with Crippen molar-refractivity contribution in [1.29, 1.82) is 0 Å². The topological polar surface area (TPSA) is 12.0 Å². The fraction of sp³-hybridized carbons (Fsp3) is 0.333. The Morgan fingerprint density at radius 3 is 2.74 bits per heavy atom. The maximum absolute atomic E-state index is 3.68. The molecule has 3 rings (SSSR count). The lowest BCUT2D eigenvalue weighted by molar-refractivity contribution is 0.565. The van der Waals surface area contributed by atoms with Crippen molar-refractivity contribution < 1.29 is 0 Å². The molecule has 2 aromatic rings. The summed E-state index contributed by atoms with van der Waals surface area (Å²) in [7, 11) is 0. The zero-order valence-corrected chi connectivity index (χ0v) is 11.7. The first-order chi connectivity index (χ1) is 9.29. The molecule has 0 bridgehead atoms. The Balaban J connectivity index is 2.09. The Hall–Kier alpha value is -1.60. The second kappa shape index (κ2) is 5.18. The average molecular weight is 251 g/mol. The fourth-order valence-corrected chi connectivity index (χ4v) is 3.01. The molecule has 0 saturated carbocycles. The molecule has 2 aromatic carbocycles. The van der Waals surface area contributed by atoms with Gasteiger partial charge in [0.1, 0.15) is 0 Å². The second-order valence-corrected chi connectivity index (χ2v) is 5.38. The Morgan fingerprint density at radius 2 is 1.95 bits per heavy atom. The molecule has 0 saturated heterocycles. The molecular weight excluding hydrogens is 230 g/mol. The largest absolute Gasteiger partial charge is 0.306 e. The van der Waals surface area contributed by atoms with Crippen LogP contribution in [0.1, 0.15) is 40.8 Å². The van der Waals surface area contributed by atoms with Crippen molar-refractivity contribution >= 4 is 0 Å². The Labute approximate surface area is 115 Å². The molecule has 1 heterocycles. The lowest BCUT2D eigenvalue weighted by Crippen LogP contribution is -2.31. The highest BCUT2D eigenvalue weighted by Gasteiger charge is 2.22. The van der Waals surface area contributed by atoms with E-state index in [1.165, 1.54) is 27.8 Å². The Morgan fingerprint density at radius 1 is 1.11 bits per heavy atom. The van der Waals surface area contributed by atoms with Crippen LogP contribution < -0.4 is 5.32 Å². The minimum Gasteiger partial charge on any atom is -0.306 e. The molecular formula is C18H21N. The first kappa shape index (κ1) is 12.4. The highest BCUT2D eigenvalue weighted by molar-refractivity contribution is 5.44. The van der Waals surface area contributed by atoms with Gasteiger partial charge in [0, 0.05) is 6.54 Å². The van der Waals surface area contributed by atoms with E-state index in [1.807, 2.05) is 0 Å². The number of nitrogens with one attached hydrogen (secondary N) is 1. The molecule has 19 heavy (non-hydrogen) atoms. The Kier molecular flexibility index (Phi) is 3.39. The van der Waals surface area contributed by atoms with E-state index in [4.69, 9.17) is 0 Å². The standard InChI is InChI=1S/C18H21N/c1-3-14-8-9-15-10-11-19-18(17(15)12-14)16-7-5-4-6-13(16)2/h4-9,12,18-19H,3,10-11H2,1-2H3. The molecule has 0 fully saturated rings. The van der Waals surface area contributed by atoms with Crippen LogP contribution in [0.15, 0.2) is 42.5 Å². The van der Waals surface area contributed by atoms with Crippen molar-refractivity contribution in [3.05, 3.63) is 70.3 Å². The van der Waals surface area contributed by atoms with Gasteiger partial charge in [-0.2, -0.15) is 0 Å². The monoisotopic (exact) mass is 251 g/mol. The minimum atomic E-state index is 0.358. The highest BCUT2D eigenvalue weighted by Crippen LogP contribution is 2.31. The summed E-state index contributed by atoms with van der Waals surface area (Å²) in [4.78, 5) is 0. The summed E-state index contributed by atoms with van der Waals surface area (Å²) < 4.78 is 0. The van der Waals surface area contributed by atoms with Gasteiger partial charge >= 0.3 is 0 Å². The van der Waals surface area contributed by atoms with Gasteiger partial charge in [-0.3, -0.25) is 0 Å². The lowest BCUT2D eigenvalue weighted by atomic mass is 9.86. The van der Waals surface area contributed by atoms with Crippen LogP contribution in [0.2, 0.25) is 0 Å². The third-order valence-corrected chi connectivity index (χ3v) is 4.17. The van der Waals surface area contributed by atoms with Crippen LogP contribution in [0.4, 0.5) is 0 Å². The van der Waals surface area contributed by atoms with Crippen LogP contribution in [0.3, 0.4) is 0 Å². The summed E-state index contributed by atoms with van der Waals surface area (Å²) >= 11 is 0. The smallest absolute Gasteiger partial charge is 0.0582 e. The molecule has 1 N–H and O–H groups in total. The summed E-state index contributed by atoms with van der Waals surface area (Å²) in [6, 6.07) is 16.1. The number of rotatable bonds is 2. The molecule has 0 aliphatic carbocycles. The zero-order valence-electron chi connectivity index (χ0n) is 11.7. The SMILES string of the molecule is CCc1ccc2c(c1)C(c1ccccc1C)NCC2. The fourth-order valence-electron chi connectivity index (χ4n) is 3.01. The highest BCUT2D eigenvalue weighted by atomic mass is 14.9. The third kappa shape index (κ3) is 2.31. The van der Waals surface area contributed by atoms with Crippen molar-refractivity contribution in [3.8, 4) is 0 Å². The van der Waals surface area contributed by atoms with Crippen LogP contribution in [0, 0.1) is 6.92 Å². The molecule has 1 heteroatoms. The number of hydrogen-bond acceptors (Lipinski definition) is 1. The van der Waals surface area contributed by atoms with Crippen molar-refractivity contribution in [2.24, 2.45) is 0 Å². The van der Waals surface area contributed by atoms with Gasteiger partial charge in [-0.25, -0.2) is 0 Å². The normalized spacial score (nSPS) is 18.1. The van der Waals surface area contributed by atoms with Gasteiger partial charge in [-0.15, -0.1) is 0 Å². The zero-order chi connectivity index (χ0) is 13.2. The van der Waals surface area contributed by atoms with Crippen molar-refractivity contribution in [3.63, 3.8) is 0 Å². The van der Waals surface area contributed by atoms with E-state index in [9.17, 15) is 0 Å². The number of fused-ring (bicyclic) bond motifs is 1. The molecule has 0 spiro atoms. The maximum atomic E-state index is 3.68.